The smallest absolute Gasteiger partial charge is 0.146 e. The highest BCUT2D eigenvalue weighted by molar-refractivity contribution is 6.01. The number of benzene rings is 1. The highest BCUT2D eigenvalue weighted by atomic mass is 15.3. The van der Waals surface area contributed by atoms with Gasteiger partial charge in [0.1, 0.15) is 11.7 Å². The van der Waals surface area contributed by atoms with Gasteiger partial charge in [-0.1, -0.05) is 6.42 Å². The van der Waals surface area contributed by atoms with Crippen LogP contribution < -0.4 is 11.5 Å². The predicted octanol–water partition coefficient (Wildman–Crippen LogP) is 1.50. The van der Waals surface area contributed by atoms with Gasteiger partial charge >= 0.3 is 0 Å². The van der Waals surface area contributed by atoms with Gasteiger partial charge in [-0.2, -0.15) is 5.10 Å². The number of piperazine rings is 1. The lowest BCUT2D eigenvalue weighted by Gasteiger charge is -2.44. The van der Waals surface area contributed by atoms with Gasteiger partial charge in [0, 0.05) is 48.5 Å². The zero-order valence-corrected chi connectivity index (χ0v) is 15.3. The number of H-pyrrole nitrogens is 1. The number of aryl methyl sites for hydroxylation is 1. The maximum atomic E-state index is 6.31. The van der Waals surface area contributed by atoms with E-state index in [9.17, 15) is 0 Å². The van der Waals surface area contributed by atoms with Crippen LogP contribution in [-0.4, -0.2) is 58.1 Å². The molecule has 2 aliphatic rings. The normalized spacial score (nSPS) is 22.7. The Morgan fingerprint density at radius 1 is 1.31 bits per heavy atom. The van der Waals surface area contributed by atoms with Crippen molar-refractivity contribution in [1.29, 1.82) is 0 Å². The summed E-state index contributed by atoms with van der Waals surface area (Å²) >= 11 is 0. The average Bonchev–Trinajstić information content (AvgIpc) is 3.06. The van der Waals surface area contributed by atoms with E-state index in [1.807, 2.05) is 25.1 Å². The average molecular weight is 353 g/mol. The first-order chi connectivity index (χ1) is 12.7. The second-order valence-electron chi connectivity index (χ2n) is 7.23. The Balaban J connectivity index is 1.55. The second kappa shape index (κ2) is 6.99. The van der Waals surface area contributed by atoms with Gasteiger partial charge in [0.15, 0.2) is 0 Å². The van der Waals surface area contributed by atoms with Crippen LogP contribution in [-0.2, 0) is 0 Å². The number of rotatable bonds is 3. The SMILES string of the molecule is Cc1[nH]nc2ccc(/C(N)=N/C(=C\N)N3CCN4CCCCC4C3)cc12. The van der Waals surface area contributed by atoms with E-state index in [1.54, 1.807) is 6.20 Å². The largest absolute Gasteiger partial charge is 0.402 e. The summed E-state index contributed by atoms with van der Waals surface area (Å²) in [6, 6.07) is 6.55. The van der Waals surface area contributed by atoms with Crippen molar-refractivity contribution in [3.63, 3.8) is 0 Å². The van der Waals surface area contributed by atoms with Crippen LogP contribution in [0.4, 0.5) is 0 Å². The molecule has 2 fully saturated rings. The lowest BCUT2D eigenvalue weighted by molar-refractivity contribution is 0.0650. The molecule has 3 heterocycles. The van der Waals surface area contributed by atoms with Gasteiger partial charge in [-0.25, -0.2) is 4.99 Å². The maximum absolute atomic E-state index is 6.31. The number of nitrogens with zero attached hydrogens (tertiary/aromatic N) is 4. The quantitative estimate of drug-likeness (QED) is 0.574. The van der Waals surface area contributed by atoms with Crippen LogP contribution in [0.15, 0.2) is 35.2 Å². The molecule has 1 aromatic heterocycles. The third kappa shape index (κ3) is 3.14. The summed E-state index contributed by atoms with van der Waals surface area (Å²) in [6.45, 7) is 6.20. The number of aliphatic imine (C=N–C) groups is 1. The first-order valence-corrected chi connectivity index (χ1v) is 9.36. The zero-order valence-electron chi connectivity index (χ0n) is 15.3. The fourth-order valence-corrected chi connectivity index (χ4v) is 4.06. The number of piperidine rings is 1. The Morgan fingerprint density at radius 3 is 3.04 bits per heavy atom. The van der Waals surface area contributed by atoms with Gasteiger partial charge in [-0.3, -0.25) is 10.00 Å². The van der Waals surface area contributed by atoms with Gasteiger partial charge in [0.05, 0.1) is 5.52 Å². The lowest BCUT2D eigenvalue weighted by Crippen LogP contribution is -2.54. The fourth-order valence-electron chi connectivity index (χ4n) is 4.06. The number of hydrogen-bond acceptors (Lipinski definition) is 5. The van der Waals surface area contributed by atoms with Crippen LogP contribution in [0.2, 0.25) is 0 Å². The minimum atomic E-state index is 0.482. The number of aromatic amines is 1. The van der Waals surface area contributed by atoms with Crippen LogP contribution in [0.1, 0.15) is 30.5 Å². The summed E-state index contributed by atoms with van der Waals surface area (Å²) in [7, 11) is 0. The van der Waals surface area contributed by atoms with Gasteiger partial charge in [0.2, 0.25) is 0 Å². The summed E-state index contributed by atoms with van der Waals surface area (Å²) < 4.78 is 0. The highest BCUT2D eigenvalue weighted by Gasteiger charge is 2.29. The molecular weight excluding hydrogens is 326 g/mol. The Morgan fingerprint density at radius 2 is 2.19 bits per heavy atom. The predicted molar refractivity (Wildman–Crippen MR) is 105 cm³/mol. The molecular formula is C19H27N7. The molecule has 1 atom stereocenters. The van der Waals surface area contributed by atoms with E-state index in [4.69, 9.17) is 11.5 Å². The number of nitrogens with two attached hydrogens (primary N) is 2. The molecule has 138 valence electrons. The van der Waals surface area contributed by atoms with Crippen molar-refractivity contribution in [1.82, 2.24) is 20.0 Å². The van der Waals surface area contributed by atoms with E-state index in [-0.39, 0.29) is 0 Å². The number of hydrogen-bond donors (Lipinski definition) is 3. The number of nitrogens with one attached hydrogen (secondary N) is 1. The minimum absolute atomic E-state index is 0.482. The molecule has 2 saturated heterocycles. The monoisotopic (exact) mass is 353 g/mol. The summed E-state index contributed by atoms with van der Waals surface area (Å²) in [4.78, 5) is 9.51. The lowest BCUT2D eigenvalue weighted by atomic mass is 9.99. The Labute approximate surface area is 153 Å². The number of amidine groups is 1. The van der Waals surface area contributed by atoms with Gasteiger partial charge in [0.25, 0.3) is 0 Å². The van der Waals surface area contributed by atoms with Crippen molar-refractivity contribution in [2.75, 3.05) is 26.2 Å². The molecule has 1 aromatic carbocycles. The highest BCUT2D eigenvalue weighted by Crippen LogP contribution is 2.24. The first kappa shape index (κ1) is 16.9. The third-order valence-corrected chi connectivity index (χ3v) is 5.59. The topological polar surface area (TPSA) is 99.6 Å². The van der Waals surface area contributed by atoms with Crippen LogP contribution in [0, 0.1) is 6.92 Å². The van der Waals surface area contributed by atoms with E-state index < -0.39 is 0 Å². The van der Waals surface area contributed by atoms with Crippen LogP contribution >= 0.6 is 0 Å². The molecule has 0 saturated carbocycles. The molecule has 26 heavy (non-hydrogen) atoms. The molecule has 4 rings (SSSR count). The molecule has 7 nitrogen and oxygen atoms in total. The zero-order chi connectivity index (χ0) is 18.1. The van der Waals surface area contributed by atoms with Gasteiger partial charge in [-0.15, -0.1) is 0 Å². The molecule has 0 aliphatic carbocycles. The fraction of sp³-hybridized carbons (Fsp3) is 0.474. The second-order valence-corrected chi connectivity index (χ2v) is 7.23. The van der Waals surface area contributed by atoms with Crippen molar-refractivity contribution < 1.29 is 0 Å². The molecule has 2 aromatic rings. The Hall–Kier alpha value is -2.54. The van der Waals surface area contributed by atoms with E-state index in [0.717, 1.165) is 47.6 Å². The van der Waals surface area contributed by atoms with Gasteiger partial charge in [-0.05, 0) is 44.5 Å². The van der Waals surface area contributed by atoms with E-state index in [1.165, 1.54) is 25.8 Å². The van der Waals surface area contributed by atoms with E-state index in [0.29, 0.717) is 11.9 Å². The van der Waals surface area contributed by atoms with Crippen LogP contribution in [0.25, 0.3) is 10.9 Å². The molecule has 1 unspecified atom stereocenters. The first-order valence-electron chi connectivity index (χ1n) is 9.36. The van der Waals surface area contributed by atoms with Crippen molar-refractivity contribution in [3.8, 4) is 0 Å². The summed E-state index contributed by atoms with van der Waals surface area (Å²) in [5.41, 5.74) is 15.1. The van der Waals surface area contributed by atoms with Crippen LogP contribution in [0.5, 0.6) is 0 Å². The summed E-state index contributed by atoms with van der Waals surface area (Å²) in [5.74, 6) is 1.24. The third-order valence-electron chi connectivity index (χ3n) is 5.59. The van der Waals surface area contributed by atoms with Crippen molar-refractivity contribution in [2.24, 2.45) is 16.5 Å². The van der Waals surface area contributed by atoms with Crippen molar-refractivity contribution in [2.45, 2.75) is 32.2 Å². The van der Waals surface area contributed by atoms with Gasteiger partial charge < -0.3 is 16.4 Å². The van der Waals surface area contributed by atoms with E-state index in [2.05, 4.69) is 25.0 Å². The minimum Gasteiger partial charge on any atom is -0.402 e. The molecule has 0 spiro atoms. The Kier molecular flexibility index (Phi) is 4.55. The van der Waals surface area contributed by atoms with Crippen molar-refractivity contribution in [3.05, 3.63) is 41.5 Å². The number of fused-ring (bicyclic) bond motifs is 2. The van der Waals surface area contributed by atoms with Crippen LogP contribution in [0.3, 0.4) is 0 Å². The molecule has 0 radical (unpaired) electrons. The summed E-state index contributed by atoms with van der Waals surface area (Å²) in [5, 5.41) is 8.32. The number of aromatic nitrogens is 2. The maximum Gasteiger partial charge on any atom is 0.146 e. The van der Waals surface area contributed by atoms with Crippen molar-refractivity contribution >= 4 is 16.7 Å². The Bertz CT molecular complexity index is 851. The standard InChI is InChI=1S/C19H27N7/c1-13-16-10-14(5-6-17(16)24-23-13)19(21)22-18(11-20)26-9-8-25-7-3-2-4-15(25)12-26/h5-6,10-11,15H,2-4,7-9,12,20H2,1H3,(H2,21,22)(H,23,24)/b18-11+. The molecule has 5 N–H and O–H groups in total. The molecule has 0 bridgehead atoms. The summed E-state index contributed by atoms with van der Waals surface area (Å²) in [6.07, 6.45) is 5.46. The molecule has 7 heteroatoms. The molecule has 0 amide bonds. The van der Waals surface area contributed by atoms with E-state index >= 15 is 0 Å². The molecule has 2 aliphatic heterocycles.